The number of aryl methyl sites for hydroxylation is 2. The first kappa shape index (κ1) is 14.1. The second-order valence-electron chi connectivity index (χ2n) is 5.49. The predicted molar refractivity (Wildman–Crippen MR) is 78.2 cm³/mol. The molecule has 1 N–H and O–H groups in total. The van der Waals surface area contributed by atoms with Crippen molar-refractivity contribution in [1.29, 1.82) is 0 Å². The third-order valence-corrected chi connectivity index (χ3v) is 3.95. The Morgan fingerprint density at radius 3 is 2.89 bits per heavy atom. The zero-order valence-corrected chi connectivity index (χ0v) is 12.0. The highest BCUT2D eigenvalue weighted by Crippen LogP contribution is 2.11. The average Bonchev–Trinajstić information content (AvgIpc) is 2.90. The van der Waals surface area contributed by atoms with Gasteiger partial charge in [0.15, 0.2) is 0 Å². The van der Waals surface area contributed by atoms with Gasteiger partial charge in [-0.15, -0.1) is 0 Å². The molecule has 1 atom stereocenters. The van der Waals surface area contributed by atoms with Crippen molar-refractivity contribution in [3.8, 4) is 0 Å². The monoisotopic (exact) mass is 260 g/mol. The molecule has 0 bridgehead atoms. The van der Waals surface area contributed by atoms with E-state index >= 15 is 0 Å². The van der Waals surface area contributed by atoms with Gasteiger partial charge < -0.3 is 10.2 Å². The van der Waals surface area contributed by atoms with E-state index < -0.39 is 0 Å². The van der Waals surface area contributed by atoms with Crippen LogP contribution in [0.25, 0.3) is 0 Å². The second-order valence-corrected chi connectivity index (χ2v) is 5.49. The Labute approximate surface area is 116 Å². The van der Waals surface area contributed by atoms with E-state index in [9.17, 15) is 4.79 Å². The minimum atomic E-state index is 0.247. The molecule has 1 aliphatic rings. The van der Waals surface area contributed by atoms with Crippen LogP contribution >= 0.6 is 0 Å². The van der Waals surface area contributed by atoms with Crippen molar-refractivity contribution in [3.63, 3.8) is 0 Å². The normalized spacial score (nSPS) is 18.5. The Kier molecular flexibility index (Phi) is 4.97. The van der Waals surface area contributed by atoms with E-state index in [1.807, 2.05) is 24.1 Å². The standard InChI is InChI=1S/C16H24N2O/c1-13-6-3-4-7-14(13)9-10-16(19)18(2)12-15-8-5-11-17-15/h3-4,6-7,15,17H,5,8-12H2,1-2H3. The van der Waals surface area contributed by atoms with Crippen molar-refractivity contribution in [3.05, 3.63) is 35.4 Å². The quantitative estimate of drug-likeness (QED) is 0.879. The van der Waals surface area contributed by atoms with Crippen molar-refractivity contribution < 1.29 is 4.79 Å². The van der Waals surface area contributed by atoms with Gasteiger partial charge in [0, 0.05) is 26.1 Å². The fourth-order valence-electron chi connectivity index (χ4n) is 2.67. The molecule has 19 heavy (non-hydrogen) atoms. The summed E-state index contributed by atoms with van der Waals surface area (Å²) in [7, 11) is 1.92. The second kappa shape index (κ2) is 6.71. The molecule has 1 fully saturated rings. The van der Waals surface area contributed by atoms with Gasteiger partial charge in [-0.25, -0.2) is 0 Å². The Balaban J connectivity index is 1.78. The SMILES string of the molecule is Cc1ccccc1CCC(=O)N(C)CC1CCCN1. The van der Waals surface area contributed by atoms with Crippen molar-refractivity contribution >= 4 is 5.91 Å². The van der Waals surface area contributed by atoms with Crippen molar-refractivity contribution in [2.24, 2.45) is 0 Å². The molecule has 104 valence electrons. The van der Waals surface area contributed by atoms with E-state index in [0.717, 1.165) is 19.5 Å². The molecular formula is C16H24N2O. The highest BCUT2D eigenvalue weighted by molar-refractivity contribution is 5.76. The van der Waals surface area contributed by atoms with Crippen molar-refractivity contribution in [2.75, 3.05) is 20.1 Å². The number of carbonyl (C=O) groups is 1. The number of benzene rings is 1. The van der Waals surface area contributed by atoms with E-state index in [1.165, 1.54) is 24.0 Å². The molecule has 3 nitrogen and oxygen atoms in total. The maximum atomic E-state index is 12.1. The number of likely N-dealkylation sites (N-methyl/N-ethyl adjacent to an activating group) is 1. The van der Waals surface area contributed by atoms with Gasteiger partial charge in [0.2, 0.25) is 5.91 Å². The van der Waals surface area contributed by atoms with E-state index in [0.29, 0.717) is 12.5 Å². The lowest BCUT2D eigenvalue weighted by Crippen LogP contribution is -2.38. The molecule has 2 rings (SSSR count). The van der Waals surface area contributed by atoms with Gasteiger partial charge in [-0.3, -0.25) is 4.79 Å². The molecule has 0 aromatic heterocycles. The number of hydrogen-bond donors (Lipinski definition) is 1. The van der Waals surface area contributed by atoms with Crippen LogP contribution in [0.2, 0.25) is 0 Å². The molecule has 1 aromatic carbocycles. The van der Waals surface area contributed by atoms with Crippen LogP contribution in [0.4, 0.5) is 0 Å². The van der Waals surface area contributed by atoms with E-state index in [1.54, 1.807) is 0 Å². The maximum Gasteiger partial charge on any atom is 0.222 e. The lowest BCUT2D eigenvalue weighted by Gasteiger charge is -2.21. The summed E-state index contributed by atoms with van der Waals surface area (Å²) in [6.45, 7) is 4.04. The number of nitrogens with one attached hydrogen (secondary N) is 1. The summed E-state index contributed by atoms with van der Waals surface area (Å²) in [5.41, 5.74) is 2.55. The first-order chi connectivity index (χ1) is 9.16. The fourth-order valence-corrected chi connectivity index (χ4v) is 2.67. The third-order valence-electron chi connectivity index (χ3n) is 3.95. The number of carbonyl (C=O) groups excluding carboxylic acids is 1. The van der Waals surface area contributed by atoms with Gasteiger partial charge in [0.1, 0.15) is 0 Å². The van der Waals surface area contributed by atoms with Gasteiger partial charge in [0.25, 0.3) is 0 Å². The molecule has 1 aromatic rings. The zero-order valence-electron chi connectivity index (χ0n) is 12.0. The number of nitrogens with zero attached hydrogens (tertiary/aromatic N) is 1. The minimum absolute atomic E-state index is 0.247. The molecule has 0 spiro atoms. The summed E-state index contributed by atoms with van der Waals surface area (Å²) >= 11 is 0. The van der Waals surface area contributed by atoms with Gasteiger partial charge >= 0.3 is 0 Å². The Bertz CT molecular complexity index is 425. The summed E-state index contributed by atoms with van der Waals surface area (Å²) in [4.78, 5) is 14.0. The molecule has 1 saturated heterocycles. The molecule has 0 saturated carbocycles. The van der Waals surface area contributed by atoms with Crippen LogP contribution < -0.4 is 5.32 Å². The van der Waals surface area contributed by atoms with E-state index in [2.05, 4.69) is 24.4 Å². The number of hydrogen-bond acceptors (Lipinski definition) is 2. The Hall–Kier alpha value is -1.35. The summed E-state index contributed by atoms with van der Waals surface area (Å²) in [6.07, 6.45) is 3.87. The smallest absolute Gasteiger partial charge is 0.222 e. The average molecular weight is 260 g/mol. The highest BCUT2D eigenvalue weighted by atomic mass is 16.2. The zero-order chi connectivity index (χ0) is 13.7. The Morgan fingerprint density at radius 1 is 1.42 bits per heavy atom. The third kappa shape index (κ3) is 4.06. The van der Waals surface area contributed by atoms with E-state index in [4.69, 9.17) is 0 Å². The van der Waals surface area contributed by atoms with Crippen molar-refractivity contribution in [2.45, 2.75) is 38.6 Å². The van der Waals surface area contributed by atoms with Crippen LogP contribution in [0.15, 0.2) is 24.3 Å². The largest absolute Gasteiger partial charge is 0.344 e. The molecule has 1 heterocycles. The van der Waals surface area contributed by atoms with Crippen LogP contribution in [0.5, 0.6) is 0 Å². The summed E-state index contributed by atoms with van der Waals surface area (Å²) < 4.78 is 0. The lowest BCUT2D eigenvalue weighted by molar-refractivity contribution is -0.130. The molecule has 0 radical (unpaired) electrons. The molecular weight excluding hydrogens is 236 g/mol. The maximum absolute atomic E-state index is 12.1. The summed E-state index contributed by atoms with van der Waals surface area (Å²) in [5, 5.41) is 3.43. The molecule has 3 heteroatoms. The van der Waals surface area contributed by atoms with Crippen LogP contribution in [0.1, 0.15) is 30.4 Å². The van der Waals surface area contributed by atoms with Gasteiger partial charge in [-0.1, -0.05) is 24.3 Å². The first-order valence-corrected chi connectivity index (χ1v) is 7.18. The molecule has 0 aliphatic carbocycles. The molecule has 1 unspecified atom stereocenters. The van der Waals surface area contributed by atoms with Crippen LogP contribution in [-0.4, -0.2) is 37.0 Å². The lowest BCUT2D eigenvalue weighted by atomic mass is 10.0. The van der Waals surface area contributed by atoms with Gasteiger partial charge in [0.05, 0.1) is 0 Å². The van der Waals surface area contributed by atoms with Crippen LogP contribution in [-0.2, 0) is 11.2 Å². The highest BCUT2D eigenvalue weighted by Gasteiger charge is 2.18. The van der Waals surface area contributed by atoms with Gasteiger partial charge in [-0.05, 0) is 43.9 Å². The van der Waals surface area contributed by atoms with E-state index in [-0.39, 0.29) is 5.91 Å². The minimum Gasteiger partial charge on any atom is -0.344 e. The topological polar surface area (TPSA) is 32.3 Å². The predicted octanol–water partition coefficient (Wildman–Crippen LogP) is 2.14. The Morgan fingerprint density at radius 2 is 2.21 bits per heavy atom. The summed E-state index contributed by atoms with van der Waals surface area (Å²) in [5.74, 6) is 0.247. The number of rotatable bonds is 5. The molecule has 1 aliphatic heterocycles. The van der Waals surface area contributed by atoms with Crippen LogP contribution in [0.3, 0.4) is 0 Å². The summed E-state index contributed by atoms with van der Waals surface area (Å²) in [6, 6.07) is 8.79. The fraction of sp³-hybridized carbons (Fsp3) is 0.562. The van der Waals surface area contributed by atoms with Crippen LogP contribution in [0, 0.1) is 6.92 Å². The molecule has 1 amide bonds. The van der Waals surface area contributed by atoms with Gasteiger partial charge in [-0.2, -0.15) is 0 Å². The first-order valence-electron chi connectivity index (χ1n) is 7.18. The van der Waals surface area contributed by atoms with Crippen molar-refractivity contribution in [1.82, 2.24) is 10.2 Å². The number of amides is 1.